The quantitative estimate of drug-likeness (QED) is 0.786. The largest absolute Gasteiger partial charge is 0.392 e. The van der Waals surface area contributed by atoms with Crippen molar-refractivity contribution in [2.24, 2.45) is 0 Å². The van der Waals surface area contributed by atoms with Gasteiger partial charge in [-0.25, -0.2) is 0 Å². The minimum atomic E-state index is 0.0508. The highest BCUT2D eigenvalue weighted by Gasteiger charge is 1.96. The molecule has 0 aliphatic heterocycles. The zero-order valence-electron chi connectivity index (χ0n) is 8.23. The first-order valence-corrected chi connectivity index (χ1v) is 4.58. The summed E-state index contributed by atoms with van der Waals surface area (Å²) < 4.78 is 0. The van der Waals surface area contributed by atoms with Crippen LogP contribution < -0.4 is 0 Å². The minimum Gasteiger partial charge on any atom is -0.392 e. The van der Waals surface area contributed by atoms with Gasteiger partial charge in [0.25, 0.3) is 0 Å². The summed E-state index contributed by atoms with van der Waals surface area (Å²) in [5.41, 5.74) is 2.06. The number of aliphatic hydroxyl groups is 1. The molecule has 0 spiro atoms. The van der Waals surface area contributed by atoms with Crippen LogP contribution in [0, 0.1) is 0 Å². The molecule has 1 aromatic carbocycles. The second-order valence-corrected chi connectivity index (χ2v) is 3.21. The van der Waals surface area contributed by atoms with Crippen LogP contribution in [0.15, 0.2) is 30.3 Å². The van der Waals surface area contributed by atoms with E-state index in [-0.39, 0.29) is 12.4 Å². The third-order valence-corrected chi connectivity index (χ3v) is 1.85. The van der Waals surface area contributed by atoms with Gasteiger partial charge in [0, 0.05) is 6.42 Å². The van der Waals surface area contributed by atoms with Crippen LogP contribution in [0.3, 0.4) is 0 Å². The summed E-state index contributed by atoms with van der Waals surface area (Å²) in [6.07, 6.45) is 4.02. The molecule has 0 radical (unpaired) electrons. The van der Waals surface area contributed by atoms with Crippen molar-refractivity contribution in [2.45, 2.75) is 13.3 Å². The van der Waals surface area contributed by atoms with Crippen molar-refractivity contribution in [1.29, 1.82) is 0 Å². The smallest absolute Gasteiger partial charge is 0.134 e. The van der Waals surface area contributed by atoms with E-state index in [0.717, 1.165) is 11.1 Å². The Balaban J connectivity index is 2.68. The van der Waals surface area contributed by atoms with Gasteiger partial charge < -0.3 is 5.11 Å². The summed E-state index contributed by atoms with van der Waals surface area (Å²) in [5, 5.41) is 8.57. The average Bonchev–Trinajstić information content (AvgIpc) is 2.16. The summed E-state index contributed by atoms with van der Waals surface area (Å²) in [7, 11) is 0. The normalized spacial score (nSPS) is 10.7. The third-order valence-electron chi connectivity index (χ3n) is 1.85. The molecule has 0 atom stereocenters. The molecule has 0 fully saturated rings. The van der Waals surface area contributed by atoms with Gasteiger partial charge in [0.15, 0.2) is 0 Å². The summed E-state index contributed by atoms with van der Waals surface area (Å²) in [6.45, 7) is 1.63. The SMILES string of the molecule is CC(=O)Cc1ccc(C=CCO)cc1. The summed E-state index contributed by atoms with van der Waals surface area (Å²) >= 11 is 0. The fourth-order valence-corrected chi connectivity index (χ4v) is 1.22. The molecular weight excluding hydrogens is 176 g/mol. The Kier molecular flexibility index (Phi) is 4.08. The van der Waals surface area contributed by atoms with Gasteiger partial charge in [-0.3, -0.25) is 4.79 Å². The number of Topliss-reactive ketones (excluding diaryl/α,β-unsaturated/α-hetero) is 1. The molecular formula is C12H14O2. The van der Waals surface area contributed by atoms with Crippen LogP contribution >= 0.6 is 0 Å². The first-order chi connectivity index (χ1) is 6.72. The van der Waals surface area contributed by atoms with E-state index in [1.807, 2.05) is 30.3 Å². The Morgan fingerprint density at radius 1 is 1.36 bits per heavy atom. The van der Waals surface area contributed by atoms with Gasteiger partial charge in [-0.15, -0.1) is 0 Å². The standard InChI is InChI=1S/C12H14O2/c1-10(14)9-12-6-4-11(5-7-12)3-2-8-13/h2-7,13H,8-9H2,1H3. The van der Waals surface area contributed by atoms with Crippen LogP contribution in [-0.4, -0.2) is 17.5 Å². The summed E-state index contributed by atoms with van der Waals surface area (Å²) in [4.78, 5) is 10.8. The van der Waals surface area contributed by atoms with Crippen molar-refractivity contribution in [1.82, 2.24) is 0 Å². The Labute approximate surface area is 83.9 Å². The van der Waals surface area contributed by atoms with Gasteiger partial charge in [-0.1, -0.05) is 36.4 Å². The number of benzene rings is 1. The van der Waals surface area contributed by atoms with Crippen molar-refractivity contribution in [2.75, 3.05) is 6.61 Å². The number of aliphatic hydroxyl groups excluding tert-OH is 1. The van der Waals surface area contributed by atoms with E-state index in [1.54, 1.807) is 13.0 Å². The predicted molar refractivity (Wildman–Crippen MR) is 56.9 cm³/mol. The second kappa shape index (κ2) is 5.35. The molecule has 1 rings (SSSR count). The highest BCUT2D eigenvalue weighted by Crippen LogP contribution is 2.06. The summed E-state index contributed by atoms with van der Waals surface area (Å²) in [5.74, 6) is 0.170. The van der Waals surface area contributed by atoms with Crippen molar-refractivity contribution >= 4 is 11.9 Å². The molecule has 14 heavy (non-hydrogen) atoms. The molecule has 0 bridgehead atoms. The topological polar surface area (TPSA) is 37.3 Å². The molecule has 0 heterocycles. The second-order valence-electron chi connectivity index (χ2n) is 3.21. The minimum absolute atomic E-state index is 0.0508. The van der Waals surface area contributed by atoms with Gasteiger partial charge in [0.05, 0.1) is 6.61 Å². The Bertz CT molecular complexity index is 323. The number of carbonyl (C=O) groups excluding carboxylic acids is 1. The van der Waals surface area contributed by atoms with Crippen LogP contribution in [0.5, 0.6) is 0 Å². The lowest BCUT2D eigenvalue weighted by atomic mass is 10.1. The monoisotopic (exact) mass is 190 g/mol. The lowest BCUT2D eigenvalue weighted by molar-refractivity contribution is -0.116. The predicted octanol–water partition coefficient (Wildman–Crippen LogP) is 1.82. The first-order valence-electron chi connectivity index (χ1n) is 4.58. The number of rotatable bonds is 4. The first kappa shape index (κ1) is 10.7. The van der Waals surface area contributed by atoms with Gasteiger partial charge >= 0.3 is 0 Å². The van der Waals surface area contributed by atoms with Gasteiger partial charge in [-0.2, -0.15) is 0 Å². The Morgan fingerprint density at radius 3 is 2.50 bits per heavy atom. The van der Waals surface area contributed by atoms with Gasteiger partial charge in [0.1, 0.15) is 5.78 Å². The van der Waals surface area contributed by atoms with Crippen molar-refractivity contribution in [3.63, 3.8) is 0 Å². The van der Waals surface area contributed by atoms with Crippen LogP contribution in [0.4, 0.5) is 0 Å². The van der Waals surface area contributed by atoms with Crippen LogP contribution in [0.25, 0.3) is 6.08 Å². The molecule has 0 aliphatic carbocycles. The van der Waals surface area contributed by atoms with Crippen LogP contribution in [0.1, 0.15) is 18.1 Å². The molecule has 2 nitrogen and oxygen atoms in total. The molecule has 0 unspecified atom stereocenters. The zero-order chi connectivity index (χ0) is 10.4. The fourth-order valence-electron chi connectivity index (χ4n) is 1.22. The highest BCUT2D eigenvalue weighted by molar-refractivity contribution is 5.78. The molecule has 2 heteroatoms. The summed E-state index contributed by atoms with van der Waals surface area (Å²) in [6, 6.07) is 7.73. The van der Waals surface area contributed by atoms with Crippen molar-refractivity contribution in [3.05, 3.63) is 41.5 Å². The maximum atomic E-state index is 10.8. The number of hydrogen-bond donors (Lipinski definition) is 1. The maximum absolute atomic E-state index is 10.8. The van der Waals surface area contributed by atoms with Gasteiger partial charge in [-0.05, 0) is 18.1 Å². The highest BCUT2D eigenvalue weighted by atomic mass is 16.2. The molecule has 0 aliphatic rings. The van der Waals surface area contributed by atoms with E-state index in [1.165, 1.54) is 0 Å². The van der Waals surface area contributed by atoms with Crippen LogP contribution in [0.2, 0.25) is 0 Å². The number of hydrogen-bond acceptors (Lipinski definition) is 2. The van der Waals surface area contributed by atoms with Crippen molar-refractivity contribution in [3.8, 4) is 0 Å². The third kappa shape index (κ3) is 3.54. The fraction of sp³-hybridized carbons (Fsp3) is 0.250. The van der Waals surface area contributed by atoms with E-state index < -0.39 is 0 Å². The molecule has 1 N–H and O–H groups in total. The Morgan fingerprint density at radius 2 is 2.00 bits per heavy atom. The lowest BCUT2D eigenvalue weighted by Crippen LogP contribution is -1.95. The number of carbonyl (C=O) groups is 1. The average molecular weight is 190 g/mol. The van der Waals surface area contributed by atoms with Crippen LogP contribution in [-0.2, 0) is 11.2 Å². The zero-order valence-corrected chi connectivity index (χ0v) is 8.23. The van der Waals surface area contributed by atoms with E-state index in [4.69, 9.17) is 5.11 Å². The lowest BCUT2D eigenvalue weighted by Gasteiger charge is -1.98. The van der Waals surface area contributed by atoms with Crippen molar-refractivity contribution < 1.29 is 9.90 Å². The maximum Gasteiger partial charge on any atom is 0.134 e. The molecule has 0 saturated heterocycles. The molecule has 1 aromatic rings. The van der Waals surface area contributed by atoms with E-state index in [0.29, 0.717) is 6.42 Å². The van der Waals surface area contributed by atoms with E-state index in [9.17, 15) is 4.79 Å². The number of ketones is 1. The Hall–Kier alpha value is -1.41. The van der Waals surface area contributed by atoms with E-state index in [2.05, 4.69) is 0 Å². The van der Waals surface area contributed by atoms with Gasteiger partial charge in [0.2, 0.25) is 0 Å². The molecule has 0 saturated carbocycles. The van der Waals surface area contributed by atoms with E-state index >= 15 is 0 Å². The molecule has 74 valence electrons. The molecule has 0 amide bonds. The molecule has 0 aromatic heterocycles.